The van der Waals surface area contributed by atoms with E-state index in [1.165, 1.54) is 6.07 Å². The van der Waals surface area contributed by atoms with Crippen molar-refractivity contribution in [1.29, 1.82) is 0 Å². The Hall–Kier alpha value is -1.80. The number of nitro benzene ring substituents is 1. The summed E-state index contributed by atoms with van der Waals surface area (Å²) in [6, 6.07) is 3.74. The molecule has 0 saturated carbocycles. The third kappa shape index (κ3) is 2.84. The molecule has 0 spiro atoms. The van der Waals surface area contributed by atoms with Crippen LogP contribution in [-0.2, 0) is 15.5 Å². The lowest BCUT2D eigenvalue weighted by atomic mass is 10.1. The molecule has 0 aliphatic heterocycles. The molecule has 1 aromatic carbocycles. The SMILES string of the molecule is Cc1ccc(C(=O)OS(=O)[O-])c([N+](=O)[O-])c1. The number of hydrogen-bond acceptors (Lipinski definition) is 6. The number of nitro groups is 1. The van der Waals surface area contributed by atoms with Gasteiger partial charge in [-0.3, -0.25) is 10.1 Å². The van der Waals surface area contributed by atoms with Crippen LogP contribution in [0.15, 0.2) is 18.2 Å². The highest BCUT2D eigenvalue weighted by molar-refractivity contribution is 7.74. The van der Waals surface area contributed by atoms with Crippen molar-refractivity contribution in [2.75, 3.05) is 0 Å². The molecule has 1 rings (SSSR count). The van der Waals surface area contributed by atoms with Crippen LogP contribution < -0.4 is 0 Å². The highest BCUT2D eigenvalue weighted by Gasteiger charge is 2.21. The number of benzene rings is 1. The molecule has 0 radical (unpaired) electrons. The average Bonchev–Trinajstić information content (AvgIpc) is 2.16. The smallest absolute Gasteiger partial charge is 0.358 e. The maximum absolute atomic E-state index is 11.2. The van der Waals surface area contributed by atoms with Gasteiger partial charge in [-0.2, -0.15) is 0 Å². The summed E-state index contributed by atoms with van der Waals surface area (Å²) in [4.78, 5) is 21.0. The molecule has 0 saturated heterocycles. The monoisotopic (exact) mass is 244 g/mol. The maximum Gasteiger partial charge on any atom is 0.358 e. The molecule has 1 aromatic rings. The van der Waals surface area contributed by atoms with Gasteiger partial charge < -0.3 is 8.74 Å². The van der Waals surface area contributed by atoms with E-state index >= 15 is 0 Å². The van der Waals surface area contributed by atoms with Crippen LogP contribution in [0.5, 0.6) is 0 Å². The molecule has 0 fully saturated rings. The third-order valence-corrected chi connectivity index (χ3v) is 2.00. The van der Waals surface area contributed by atoms with Crippen LogP contribution in [0.2, 0.25) is 0 Å². The molecule has 86 valence electrons. The standard InChI is InChI=1S/C8H7NO6S/c1-5-2-3-6(7(4-5)9(11)12)8(10)15-16(13)14/h2-4H,1H3,(H,13,14)/p-1. The minimum absolute atomic E-state index is 0.403. The molecule has 0 amide bonds. The third-order valence-electron chi connectivity index (χ3n) is 1.71. The topological polar surface area (TPSA) is 110 Å². The first-order valence-electron chi connectivity index (χ1n) is 3.99. The number of carbonyl (C=O) groups excluding carboxylic acids is 1. The predicted octanol–water partition coefficient (Wildman–Crippen LogP) is 0.854. The summed E-state index contributed by atoms with van der Waals surface area (Å²) in [6.07, 6.45) is 0. The van der Waals surface area contributed by atoms with Crippen LogP contribution in [0.4, 0.5) is 5.69 Å². The summed E-state index contributed by atoms with van der Waals surface area (Å²) in [6.45, 7) is 1.61. The molecule has 0 aliphatic rings. The molecular formula is C8H6NO6S-. The van der Waals surface area contributed by atoms with Gasteiger partial charge in [-0.25, -0.2) is 9.00 Å². The van der Waals surface area contributed by atoms with E-state index in [0.29, 0.717) is 5.56 Å². The largest absolute Gasteiger partial charge is 0.740 e. The van der Waals surface area contributed by atoms with Crippen molar-refractivity contribution >= 4 is 23.0 Å². The Morgan fingerprint density at radius 2 is 2.12 bits per heavy atom. The van der Waals surface area contributed by atoms with Crippen LogP contribution in [-0.4, -0.2) is 19.7 Å². The minimum atomic E-state index is -3.05. The first kappa shape index (κ1) is 12.3. The van der Waals surface area contributed by atoms with Crippen molar-refractivity contribution < 1.29 is 22.7 Å². The number of hydrogen-bond donors (Lipinski definition) is 0. The first-order valence-corrected chi connectivity index (χ1v) is 4.99. The molecule has 0 aliphatic carbocycles. The Balaban J connectivity index is 3.17. The Morgan fingerprint density at radius 3 is 2.62 bits per heavy atom. The van der Waals surface area contributed by atoms with Gasteiger partial charge in [0.05, 0.1) is 4.92 Å². The number of aryl methyl sites for hydroxylation is 1. The van der Waals surface area contributed by atoms with Gasteiger partial charge in [0, 0.05) is 6.07 Å². The molecule has 1 unspecified atom stereocenters. The van der Waals surface area contributed by atoms with Crippen molar-refractivity contribution in [3.63, 3.8) is 0 Å². The molecule has 0 bridgehead atoms. The normalized spacial score (nSPS) is 11.9. The van der Waals surface area contributed by atoms with Gasteiger partial charge in [0.2, 0.25) is 0 Å². The Kier molecular flexibility index (Phi) is 3.69. The zero-order chi connectivity index (χ0) is 12.3. The van der Waals surface area contributed by atoms with E-state index in [2.05, 4.69) is 4.18 Å². The predicted molar refractivity (Wildman–Crippen MR) is 52.2 cm³/mol. The lowest BCUT2D eigenvalue weighted by molar-refractivity contribution is -0.385. The Morgan fingerprint density at radius 1 is 1.50 bits per heavy atom. The van der Waals surface area contributed by atoms with E-state index in [1.807, 2.05) is 0 Å². The summed E-state index contributed by atoms with van der Waals surface area (Å²) >= 11 is -3.05. The fourth-order valence-corrected chi connectivity index (χ4v) is 1.29. The Bertz CT molecular complexity index is 472. The lowest BCUT2D eigenvalue weighted by Gasteiger charge is -2.06. The summed E-state index contributed by atoms with van der Waals surface area (Å²) in [5.74, 6) is -1.28. The van der Waals surface area contributed by atoms with Gasteiger partial charge in [-0.1, -0.05) is 6.07 Å². The minimum Gasteiger partial charge on any atom is -0.740 e. The van der Waals surface area contributed by atoms with Crippen molar-refractivity contribution in [2.24, 2.45) is 0 Å². The van der Waals surface area contributed by atoms with Crippen LogP contribution in [0.25, 0.3) is 0 Å². The highest BCUT2D eigenvalue weighted by Crippen LogP contribution is 2.21. The molecule has 8 heteroatoms. The molecule has 16 heavy (non-hydrogen) atoms. The van der Waals surface area contributed by atoms with Gasteiger partial charge in [0.25, 0.3) is 5.69 Å². The van der Waals surface area contributed by atoms with Crippen molar-refractivity contribution in [3.05, 3.63) is 39.4 Å². The fourth-order valence-electron chi connectivity index (χ4n) is 1.07. The van der Waals surface area contributed by atoms with Gasteiger partial charge in [0.15, 0.2) is 0 Å². The first-order chi connectivity index (χ1) is 7.41. The number of rotatable bonds is 3. The van der Waals surface area contributed by atoms with Crippen LogP contribution in [0.1, 0.15) is 15.9 Å². The molecule has 0 N–H and O–H groups in total. The van der Waals surface area contributed by atoms with Crippen molar-refractivity contribution in [2.45, 2.75) is 6.92 Å². The van der Waals surface area contributed by atoms with Gasteiger partial charge in [-0.05, 0) is 18.6 Å². The maximum atomic E-state index is 11.2. The van der Waals surface area contributed by atoms with E-state index in [4.69, 9.17) is 0 Å². The van der Waals surface area contributed by atoms with Gasteiger partial charge >= 0.3 is 5.97 Å². The number of carbonyl (C=O) groups is 1. The zero-order valence-corrected chi connectivity index (χ0v) is 8.85. The quantitative estimate of drug-likeness (QED) is 0.443. The molecule has 0 heterocycles. The Labute approximate surface area is 92.7 Å². The second-order valence-corrected chi connectivity index (χ2v) is 3.43. The van der Waals surface area contributed by atoms with Crippen LogP contribution >= 0.6 is 0 Å². The highest BCUT2D eigenvalue weighted by atomic mass is 32.2. The summed E-state index contributed by atoms with van der Waals surface area (Å²) < 4.78 is 24.1. The second kappa shape index (κ2) is 4.81. The summed E-state index contributed by atoms with van der Waals surface area (Å²) in [7, 11) is 0. The zero-order valence-electron chi connectivity index (χ0n) is 8.04. The van der Waals surface area contributed by atoms with Gasteiger partial charge in [0.1, 0.15) is 16.9 Å². The van der Waals surface area contributed by atoms with Crippen LogP contribution in [0, 0.1) is 17.0 Å². The van der Waals surface area contributed by atoms with E-state index in [9.17, 15) is 23.7 Å². The molecule has 1 atom stereocenters. The summed E-state index contributed by atoms with van der Waals surface area (Å²) in [5.41, 5.74) is -0.318. The van der Waals surface area contributed by atoms with Crippen LogP contribution in [0.3, 0.4) is 0 Å². The average molecular weight is 244 g/mol. The molecule has 0 aromatic heterocycles. The van der Waals surface area contributed by atoms with E-state index in [0.717, 1.165) is 12.1 Å². The number of nitrogens with zero attached hydrogens (tertiary/aromatic N) is 1. The van der Waals surface area contributed by atoms with Gasteiger partial charge in [-0.15, -0.1) is 0 Å². The van der Waals surface area contributed by atoms with Crippen molar-refractivity contribution in [1.82, 2.24) is 0 Å². The molecule has 7 nitrogen and oxygen atoms in total. The molecular weight excluding hydrogens is 238 g/mol. The van der Waals surface area contributed by atoms with E-state index in [-0.39, 0.29) is 0 Å². The lowest BCUT2D eigenvalue weighted by Crippen LogP contribution is -2.09. The van der Waals surface area contributed by atoms with E-state index < -0.39 is 33.5 Å². The fraction of sp³-hybridized carbons (Fsp3) is 0.125. The van der Waals surface area contributed by atoms with Crippen molar-refractivity contribution in [3.8, 4) is 0 Å². The second-order valence-electron chi connectivity index (χ2n) is 2.85. The summed E-state index contributed by atoms with van der Waals surface area (Å²) in [5, 5.41) is 10.6. The van der Waals surface area contributed by atoms with E-state index in [1.54, 1.807) is 6.92 Å².